The highest BCUT2D eigenvalue weighted by atomic mass is 35.5. The zero-order valence-corrected chi connectivity index (χ0v) is 13.5. The summed E-state index contributed by atoms with van der Waals surface area (Å²) in [6.45, 7) is -1.38. The van der Waals surface area contributed by atoms with Crippen LogP contribution in [0.4, 0.5) is 13.2 Å². The van der Waals surface area contributed by atoms with E-state index in [9.17, 15) is 18.0 Å². The number of amides is 1. The van der Waals surface area contributed by atoms with E-state index in [1.54, 1.807) is 12.1 Å². The predicted octanol–water partition coefficient (Wildman–Crippen LogP) is 4.36. The van der Waals surface area contributed by atoms with Gasteiger partial charge in [-0.3, -0.25) is 4.79 Å². The van der Waals surface area contributed by atoms with E-state index in [0.717, 1.165) is 5.56 Å². The molecular formula is C17H12ClF3N2O2. The molecule has 1 amide bonds. The summed E-state index contributed by atoms with van der Waals surface area (Å²) in [5, 5.41) is 2.44. The highest BCUT2D eigenvalue weighted by Crippen LogP contribution is 2.20. The number of benzene rings is 2. The summed E-state index contributed by atoms with van der Waals surface area (Å²) >= 11 is 5.83. The summed E-state index contributed by atoms with van der Waals surface area (Å²) < 4.78 is 42.1. The molecule has 0 saturated heterocycles. The zero-order valence-electron chi connectivity index (χ0n) is 12.7. The number of aromatic nitrogens is 1. The number of hydrogen-bond acceptors (Lipinski definition) is 3. The normalized spacial score (nSPS) is 11.7. The Kier molecular flexibility index (Phi) is 4.67. The van der Waals surface area contributed by atoms with Crippen molar-refractivity contribution in [3.63, 3.8) is 0 Å². The molecule has 8 heteroatoms. The van der Waals surface area contributed by atoms with Crippen molar-refractivity contribution in [2.75, 3.05) is 6.54 Å². The average molecular weight is 369 g/mol. The third kappa shape index (κ3) is 4.51. The highest BCUT2D eigenvalue weighted by molar-refractivity contribution is 6.30. The SMILES string of the molecule is O=C(NCC(F)(F)F)c1ccc2oc(Cc3ccc(Cl)cc3)nc2c1. The molecule has 0 spiro atoms. The summed E-state index contributed by atoms with van der Waals surface area (Å²) in [4.78, 5) is 16.1. The Morgan fingerprint density at radius 3 is 2.56 bits per heavy atom. The van der Waals surface area contributed by atoms with Gasteiger partial charge in [-0.2, -0.15) is 13.2 Å². The van der Waals surface area contributed by atoms with E-state index < -0.39 is 18.6 Å². The molecule has 2 aromatic carbocycles. The lowest BCUT2D eigenvalue weighted by atomic mass is 10.1. The molecule has 0 unspecified atom stereocenters. The van der Waals surface area contributed by atoms with Crippen LogP contribution < -0.4 is 5.32 Å². The van der Waals surface area contributed by atoms with Crippen molar-refractivity contribution in [1.29, 1.82) is 0 Å². The number of fused-ring (bicyclic) bond motifs is 1. The molecule has 1 heterocycles. The van der Waals surface area contributed by atoms with E-state index in [4.69, 9.17) is 16.0 Å². The molecule has 3 rings (SSSR count). The first-order valence-corrected chi connectivity index (χ1v) is 7.67. The summed E-state index contributed by atoms with van der Waals surface area (Å²) in [5.41, 5.74) is 1.89. The van der Waals surface area contributed by atoms with Gasteiger partial charge in [-0.15, -0.1) is 0 Å². The quantitative estimate of drug-likeness (QED) is 0.744. The molecule has 0 aliphatic rings. The summed E-state index contributed by atoms with van der Waals surface area (Å²) in [6.07, 6.45) is -4.03. The van der Waals surface area contributed by atoms with Crippen LogP contribution in [-0.4, -0.2) is 23.6 Å². The predicted molar refractivity (Wildman–Crippen MR) is 86.7 cm³/mol. The Morgan fingerprint density at radius 2 is 1.88 bits per heavy atom. The van der Waals surface area contributed by atoms with Crippen molar-refractivity contribution in [2.45, 2.75) is 12.6 Å². The maximum Gasteiger partial charge on any atom is 0.405 e. The maximum atomic E-state index is 12.2. The van der Waals surface area contributed by atoms with Gasteiger partial charge in [0.1, 0.15) is 12.1 Å². The average Bonchev–Trinajstić information content (AvgIpc) is 2.95. The minimum atomic E-state index is -4.46. The van der Waals surface area contributed by atoms with Crippen LogP contribution in [0.2, 0.25) is 5.02 Å². The fourth-order valence-electron chi connectivity index (χ4n) is 2.25. The molecule has 0 atom stereocenters. The van der Waals surface area contributed by atoms with Crippen LogP contribution in [-0.2, 0) is 6.42 Å². The van der Waals surface area contributed by atoms with Gasteiger partial charge in [0.25, 0.3) is 5.91 Å². The molecule has 0 aliphatic heterocycles. The minimum absolute atomic E-state index is 0.0862. The summed E-state index contributed by atoms with van der Waals surface area (Å²) in [7, 11) is 0. The second kappa shape index (κ2) is 6.76. The minimum Gasteiger partial charge on any atom is -0.440 e. The number of alkyl halides is 3. The largest absolute Gasteiger partial charge is 0.440 e. The zero-order chi connectivity index (χ0) is 18.0. The third-order valence-corrected chi connectivity index (χ3v) is 3.66. The Morgan fingerprint density at radius 1 is 1.16 bits per heavy atom. The Balaban J connectivity index is 1.77. The lowest BCUT2D eigenvalue weighted by Crippen LogP contribution is -2.33. The molecule has 4 nitrogen and oxygen atoms in total. The molecular weight excluding hydrogens is 357 g/mol. The summed E-state index contributed by atoms with van der Waals surface area (Å²) in [5.74, 6) is -0.383. The number of halogens is 4. The van der Waals surface area contributed by atoms with Crippen molar-refractivity contribution >= 4 is 28.6 Å². The topological polar surface area (TPSA) is 55.1 Å². The summed E-state index contributed by atoms with van der Waals surface area (Å²) in [6, 6.07) is 11.5. The number of carbonyl (C=O) groups excluding carboxylic acids is 1. The Labute approximate surface area is 145 Å². The number of nitrogens with zero attached hydrogens (tertiary/aromatic N) is 1. The van der Waals surface area contributed by atoms with Crippen LogP contribution in [0.1, 0.15) is 21.8 Å². The monoisotopic (exact) mass is 368 g/mol. The van der Waals surface area contributed by atoms with Gasteiger partial charge in [-0.05, 0) is 35.9 Å². The molecule has 0 bridgehead atoms. The number of rotatable bonds is 4. The Hall–Kier alpha value is -2.54. The number of carbonyl (C=O) groups is 1. The highest BCUT2D eigenvalue weighted by Gasteiger charge is 2.28. The number of hydrogen-bond donors (Lipinski definition) is 1. The van der Waals surface area contributed by atoms with Gasteiger partial charge in [-0.25, -0.2) is 4.98 Å². The van der Waals surface area contributed by atoms with Gasteiger partial charge in [0.2, 0.25) is 0 Å². The van der Waals surface area contributed by atoms with Crippen LogP contribution >= 0.6 is 11.6 Å². The first kappa shape index (κ1) is 17.3. The second-order valence-electron chi connectivity index (χ2n) is 5.39. The van der Waals surface area contributed by atoms with E-state index in [1.807, 2.05) is 17.4 Å². The van der Waals surface area contributed by atoms with Crippen LogP contribution in [0.25, 0.3) is 11.1 Å². The van der Waals surface area contributed by atoms with Gasteiger partial charge in [0, 0.05) is 17.0 Å². The molecule has 3 aromatic rings. The van der Waals surface area contributed by atoms with Crippen molar-refractivity contribution in [3.8, 4) is 0 Å². The van der Waals surface area contributed by atoms with Crippen LogP contribution in [0.5, 0.6) is 0 Å². The molecule has 0 saturated carbocycles. The maximum absolute atomic E-state index is 12.2. The molecule has 1 aromatic heterocycles. The lowest BCUT2D eigenvalue weighted by molar-refractivity contribution is -0.123. The van der Waals surface area contributed by atoms with Gasteiger partial charge in [-0.1, -0.05) is 23.7 Å². The van der Waals surface area contributed by atoms with Crippen LogP contribution in [0.15, 0.2) is 46.9 Å². The van der Waals surface area contributed by atoms with Gasteiger partial charge < -0.3 is 9.73 Å². The van der Waals surface area contributed by atoms with E-state index >= 15 is 0 Å². The van der Waals surface area contributed by atoms with Crippen molar-refractivity contribution in [2.24, 2.45) is 0 Å². The van der Waals surface area contributed by atoms with Gasteiger partial charge in [0.05, 0.1) is 0 Å². The van der Waals surface area contributed by atoms with E-state index in [1.165, 1.54) is 18.2 Å². The molecule has 0 fully saturated rings. The van der Waals surface area contributed by atoms with E-state index in [2.05, 4.69) is 4.98 Å². The van der Waals surface area contributed by atoms with Crippen molar-refractivity contribution in [1.82, 2.24) is 10.3 Å². The molecule has 130 valence electrons. The molecule has 25 heavy (non-hydrogen) atoms. The fourth-order valence-corrected chi connectivity index (χ4v) is 2.38. The van der Waals surface area contributed by atoms with Gasteiger partial charge >= 0.3 is 6.18 Å². The third-order valence-electron chi connectivity index (χ3n) is 3.41. The second-order valence-corrected chi connectivity index (χ2v) is 5.83. The van der Waals surface area contributed by atoms with Crippen LogP contribution in [0, 0.1) is 0 Å². The lowest BCUT2D eigenvalue weighted by Gasteiger charge is -2.07. The smallest absolute Gasteiger partial charge is 0.405 e. The standard InChI is InChI=1S/C17H12ClF3N2O2/c18-12-4-1-10(2-5-12)7-15-23-13-8-11(3-6-14(13)25-15)16(24)22-9-17(19,20)21/h1-6,8H,7,9H2,(H,22,24). The first-order chi connectivity index (χ1) is 11.8. The molecule has 1 N–H and O–H groups in total. The van der Waals surface area contributed by atoms with Crippen LogP contribution in [0.3, 0.4) is 0 Å². The fraction of sp³-hybridized carbons (Fsp3) is 0.176. The Bertz CT molecular complexity index is 904. The van der Waals surface area contributed by atoms with Crippen molar-refractivity contribution < 1.29 is 22.4 Å². The molecule has 0 aliphatic carbocycles. The molecule has 0 radical (unpaired) electrons. The first-order valence-electron chi connectivity index (χ1n) is 7.29. The number of nitrogens with one attached hydrogen (secondary N) is 1. The van der Waals surface area contributed by atoms with E-state index in [0.29, 0.717) is 28.4 Å². The van der Waals surface area contributed by atoms with E-state index in [-0.39, 0.29) is 5.56 Å². The van der Waals surface area contributed by atoms with Gasteiger partial charge in [0.15, 0.2) is 11.5 Å². The number of oxazole rings is 1. The van der Waals surface area contributed by atoms with Crippen molar-refractivity contribution in [3.05, 3.63) is 64.5 Å².